The van der Waals surface area contributed by atoms with Crippen LogP contribution in [-0.4, -0.2) is 30.6 Å². The molecule has 22 heavy (non-hydrogen) atoms. The van der Waals surface area contributed by atoms with Gasteiger partial charge in [0.2, 0.25) is 0 Å². The van der Waals surface area contributed by atoms with Gasteiger partial charge in [-0.25, -0.2) is 0 Å². The van der Waals surface area contributed by atoms with E-state index in [1.54, 1.807) is 0 Å². The van der Waals surface area contributed by atoms with Gasteiger partial charge in [-0.05, 0) is 20.8 Å². The van der Waals surface area contributed by atoms with Crippen LogP contribution in [-0.2, 0) is 10.1 Å². The van der Waals surface area contributed by atoms with Gasteiger partial charge in [0.15, 0.2) is 11.6 Å². The van der Waals surface area contributed by atoms with Gasteiger partial charge in [0.25, 0.3) is 0 Å². The second-order valence-corrected chi connectivity index (χ2v) is 5.90. The highest BCUT2D eigenvalue weighted by Crippen LogP contribution is 2.36. The average molecular weight is 340 g/mol. The van der Waals surface area contributed by atoms with Crippen molar-refractivity contribution in [1.82, 2.24) is 0 Å². The number of Topliss-reactive ketones (excluding diaryl/α,β-unsaturated/α-hetero) is 2. The standard InChI is InChI=1S/C12H11F3O6S/c1-5-9(21-22(19,20)12(13,14)15)4-8(18)11(7(3)17)10(5)6(2)16/h4,18H,1-3H3. The summed E-state index contributed by atoms with van der Waals surface area (Å²) in [5, 5.41) is 9.69. The molecule has 1 aromatic rings. The van der Waals surface area contributed by atoms with Crippen molar-refractivity contribution in [2.24, 2.45) is 0 Å². The lowest BCUT2D eigenvalue weighted by molar-refractivity contribution is -0.0500. The number of benzene rings is 1. The van der Waals surface area contributed by atoms with Crippen LogP contribution in [0.15, 0.2) is 6.07 Å². The fraction of sp³-hybridized carbons (Fsp3) is 0.333. The molecule has 0 aromatic heterocycles. The molecule has 0 fully saturated rings. The van der Waals surface area contributed by atoms with Gasteiger partial charge in [-0.15, -0.1) is 0 Å². The topological polar surface area (TPSA) is 97.7 Å². The normalized spacial score (nSPS) is 12.1. The Hall–Kier alpha value is -2.10. The smallest absolute Gasteiger partial charge is 0.507 e. The van der Waals surface area contributed by atoms with Gasteiger partial charge >= 0.3 is 15.6 Å². The summed E-state index contributed by atoms with van der Waals surface area (Å²) in [4.78, 5) is 23.0. The van der Waals surface area contributed by atoms with Crippen molar-refractivity contribution in [1.29, 1.82) is 0 Å². The number of halogens is 3. The van der Waals surface area contributed by atoms with E-state index in [1.165, 1.54) is 0 Å². The van der Waals surface area contributed by atoms with Crippen molar-refractivity contribution < 1.29 is 40.5 Å². The lowest BCUT2D eigenvalue weighted by Crippen LogP contribution is -2.28. The third-order valence-corrected chi connectivity index (χ3v) is 3.67. The number of carbonyl (C=O) groups is 2. The molecular weight excluding hydrogens is 329 g/mol. The molecule has 10 heteroatoms. The Morgan fingerprint density at radius 2 is 1.59 bits per heavy atom. The Balaban J connectivity index is 3.62. The number of hydrogen-bond acceptors (Lipinski definition) is 6. The summed E-state index contributed by atoms with van der Waals surface area (Å²) in [7, 11) is -5.97. The van der Waals surface area contributed by atoms with Crippen molar-refractivity contribution in [3.8, 4) is 11.5 Å². The van der Waals surface area contributed by atoms with E-state index in [0.717, 1.165) is 20.8 Å². The lowest BCUT2D eigenvalue weighted by Gasteiger charge is -2.16. The van der Waals surface area contributed by atoms with Crippen LogP contribution < -0.4 is 4.18 Å². The molecule has 0 aliphatic rings. The van der Waals surface area contributed by atoms with Crippen LogP contribution in [0.2, 0.25) is 0 Å². The van der Waals surface area contributed by atoms with Gasteiger partial charge in [0.05, 0.1) is 5.56 Å². The predicted octanol–water partition coefficient (Wildman–Crippen LogP) is 2.33. The maximum atomic E-state index is 12.3. The van der Waals surface area contributed by atoms with Crippen LogP contribution in [0.3, 0.4) is 0 Å². The molecule has 0 saturated carbocycles. The number of aromatic hydroxyl groups is 1. The van der Waals surface area contributed by atoms with Crippen LogP contribution in [0.25, 0.3) is 0 Å². The zero-order chi connectivity index (χ0) is 17.5. The molecule has 0 atom stereocenters. The molecule has 1 aromatic carbocycles. The van der Waals surface area contributed by atoms with Crippen LogP contribution in [0, 0.1) is 6.92 Å². The molecule has 1 N–H and O–H groups in total. The zero-order valence-electron chi connectivity index (χ0n) is 11.6. The SMILES string of the molecule is CC(=O)c1c(O)cc(OS(=O)(=O)C(F)(F)F)c(C)c1C(C)=O. The van der Waals surface area contributed by atoms with E-state index < -0.39 is 49.8 Å². The molecule has 0 unspecified atom stereocenters. The van der Waals surface area contributed by atoms with Crippen molar-refractivity contribution in [3.05, 3.63) is 22.8 Å². The first-order valence-corrected chi connectivity index (χ1v) is 7.09. The summed E-state index contributed by atoms with van der Waals surface area (Å²) in [6.45, 7) is 3.15. The fourth-order valence-corrected chi connectivity index (χ4v) is 2.30. The largest absolute Gasteiger partial charge is 0.534 e. The number of ketones is 2. The highest BCUT2D eigenvalue weighted by Gasteiger charge is 2.49. The summed E-state index contributed by atoms with van der Waals surface area (Å²) < 4.78 is 62.9. The third kappa shape index (κ3) is 3.21. The van der Waals surface area contributed by atoms with Crippen molar-refractivity contribution in [2.45, 2.75) is 26.3 Å². The quantitative estimate of drug-likeness (QED) is 0.513. The first kappa shape index (κ1) is 18.0. The van der Waals surface area contributed by atoms with E-state index in [2.05, 4.69) is 4.18 Å². The molecule has 0 aliphatic carbocycles. The molecule has 0 saturated heterocycles. The number of alkyl halides is 3. The molecule has 0 bridgehead atoms. The highest BCUT2D eigenvalue weighted by atomic mass is 32.2. The van der Waals surface area contributed by atoms with Gasteiger partial charge in [-0.3, -0.25) is 9.59 Å². The number of carbonyl (C=O) groups excluding carboxylic acids is 2. The molecule has 1 rings (SSSR count). The molecule has 0 spiro atoms. The lowest BCUT2D eigenvalue weighted by atomic mass is 9.95. The van der Waals surface area contributed by atoms with E-state index in [-0.39, 0.29) is 5.56 Å². The van der Waals surface area contributed by atoms with E-state index in [0.29, 0.717) is 6.07 Å². The number of phenols is 1. The Morgan fingerprint density at radius 3 is 1.95 bits per heavy atom. The summed E-state index contributed by atoms with van der Waals surface area (Å²) >= 11 is 0. The zero-order valence-corrected chi connectivity index (χ0v) is 12.4. The summed E-state index contributed by atoms with van der Waals surface area (Å²) in [6.07, 6.45) is 0. The molecule has 0 radical (unpaired) electrons. The van der Waals surface area contributed by atoms with Gasteiger partial charge in [0, 0.05) is 17.2 Å². The minimum Gasteiger partial charge on any atom is -0.507 e. The second-order valence-electron chi connectivity index (χ2n) is 4.36. The Bertz CT molecular complexity index is 749. The minimum atomic E-state index is -5.97. The first-order chi connectivity index (χ1) is 9.79. The molecule has 0 amide bonds. The Kier molecular flexibility index (Phi) is 4.56. The van der Waals surface area contributed by atoms with Gasteiger partial charge in [-0.1, -0.05) is 0 Å². The van der Waals surface area contributed by atoms with Crippen molar-refractivity contribution >= 4 is 21.7 Å². The van der Waals surface area contributed by atoms with Crippen LogP contribution in [0.5, 0.6) is 11.5 Å². The number of hydrogen-bond donors (Lipinski definition) is 1. The van der Waals surface area contributed by atoms with Crippen molar-refractivity contribution in [2.75, 3.05) is 0 Å². The van der Waals surface area contributed by atoms with E-state index in [9.17, 15) is 36.3 Å². The number of rotatable bonds is 4. The summed E-state index contributed by atoms with van der Waals surface area (Å²) in [6, 6.07) is 0.543. The van der Waals surface area contributed by atoms with E-state index in [4.69, 9.17) is 0 Å². The number of phenolic OH excluding ortho intramolecular Hbond substituents is 1. The highest BCUT2D eigenvalue weighted by molar-refractivity contribution is 7.88. The Morgan fingerprint density at radius 1 is 1.14 bits per heavy atom. The van der Waals surface area contributed by atoms with Crippen LogP contribution >= 0.6 is 0 Å². The molecule has 6 nitrogen and oxygen atoms in total. The summed E-state index contributed by atoms with van der Waals surface area (Å²) in [5.41, 5.74) is -6.80. The maximum Gasteiger partial charge on any atom is 0.534 e. The Labute approximate surface area is 123 Å². The monoisotopic (exact) mass is 340 g/mol. The van der Waals surface area contributed by atoms with Crippen molar-refractivity contribution in [3.63, 3.8) is 0 Å². The van der Waals surface area contributed by atoms with Crippen LogP contribution in [0.4, 0.5) is 13.2 Å². The molecule has 0 aliphatic heterocycles. The van der Waals surface area contributed by atoms with Gasteiger partial charge in [0.1, 0.15) is 11.5 Å². The maximum absolute atomic E-state index is 12.3. The third-order valence-electron chi connectivity index (χ3n) is 2.71. The van der Waals surface area contributed by atoms with Gasteiger partial charge < -0.3 is 9.29 Å². The minimum absolute atomic E-state index is 0.302. The average Bonchev–Trinajstić information content (AvgIpc) is 2.30. The predicted molar refractivity (Wildman–Crippen MR) is 68.5 cm³/mol. The second kappa shape index (κ2) is 5.59. The van der Waals surface area contributed by atoms with Gasteiger partial charge in [-0.2, -0.15) is 21.6 Å². The molecular formula is C12H11F3O6S. The van der Waals surface area contributed by atoms with Crippen LogP contribution in [0.1, 0.15) is 40.1 Å². The fourth-order valence-electron chi connectivity index (χ4n) is 1.79. The van der Waals surface area contributed by atoms with E-state index >= 15 is 0 Å². The molecule has 0 heterocycles. The van der Waals surface area contributed by atoms with E-state index in [1.807, 2.05) is 0 Å². The first-order valence-electron chi connectivity index (χ1n) is 5.68. The molecule has 122 valence electrons. The summed E-state index contributed by atoms with van der Waals surface area (Å²) in [5.74, 6) is -3.19.